The molecule has 1 amide bonds. The van der Waals surface area contributed by atoms with E-state index in [4.69, 9.17) is 0 Å². The minimum absolute atomic E-state index is 0.0154. The predicted molar refractivity (Wildman–Crippen MR) is 104 cm³/mol. The van der Waals surface area contributed by atoms with Gasteiger partial charge in [0.15, 0.2) is 5.96 Å². The van der Waals surface area contributed by atoms with Crippen LogP contribution in [0.5, 0.6) is 0 Å². The van der Waals surface area contributed by atoms with Crippen LogP contribution in [0.15, 0.2) is 29.3 Å². The lowest BCUT2D eigenvalue weighted by atomic mass is 9.90. The quantitative estimate of drug-likeness (QED) is 0.299. The Labute approximate surface area is 154 Å². The Morgan fingerprint density at radius 1 is 1.27 bits per heavy atom. The van der Waals surface area contributed by atoms with Crippen molar-refractivity contribution < 1.29 is 13.2 Å². The van der Waals surface area contributed by atoms with Gasteiger partial charge in [-0.05, 0) is 25.0 Å². The van der Waals surface area contributed by atoms with Crippen LogP contribution >= 0.6 is 0 Å². The van der Waals surface area contributed by atoms with Gasteiger partial charge < -0.3 is 16.0 Å². The molecule has 1 unspecified atom stereocenters. The summed E-state index contributed by atoms with van der Waals surface area (Å²) in [6.45, 7) is 3.17. The van der Waals surface area contributed by atoms with E-state index in [0.717, 1.165) is 11.3 Å². The van der Waals surface area contributed by atoms with Gasteiger partial charge in [-0.1, -0.05) is 18.2 Å². The number of hydrogen-bond acceptors (Lipinski definition) is 4. The van der Waals surface area contributed by atoms with Crippen molar-refractivity contribution in [2.24, 2.45) is 4.99 Å². The first-order valence-corrected chi connectivity index (χ1v) is 10.4. The minimum atomic E-state index is -3.15. The second-order valence-electron chi connectivity index (χ2n) is 6.07. The third-order valence-electron chi connectivity index (χ3n) is 4.19. The smallest absolute Gasteiger partial charge is 0.225 e. The van der Waals surface area contributed by atoms with Gasteiger partial charge in [-0.3, -0.25) is 9.79 Å². The first kappa shape index (κ1) is 20.2. The van der Waals surface area contributed by atoms with Crippen molar-refractivity contribution in [2.45, 2.75) is 25.7 Å². The number of hydrogen-bond donors (Lipinski definition) is 4. The number of amides is 1. The molecule has 0 aliphatic carbocycles. The molecule has 1 aliphatic heterocycles. The van der Waals surface area contributed by atoms with Gasteiger partial charge in [-0.2, -0.15) is 0 Å². The van der Waals surface area contributed by atoms with Gasteiger partial charge in [-0.25, -0.2) is 13.1 Å². The third kappa shape index (κ3) is 5.99. The molecule has 1 aromatic rings. The number of carbonyl (C=O) groups excluding carboxylic acids is 1. The van der Waals surface area contributed by atoms with E-state index in [9.17, 15) is 13.2 Å². The molecule has 0 fully saturated rings. The van der Waals surface area contributed by atoms with Crippen molar-refractivity contribution in [1.82, 2.24) is 15.4 Å². The van der Waals surface area contributed by atoms with E-state index in [1.807, 2.05) is 24.3 Å². The summed E-state index contributed by atoms with van der Waals surface area (Å²) >= 11 is 0. The zero-order valence-corrected chi connectivity index (χ0v) is 16.0. The average molecular weight is 382 g/mol. The summed E-state index contributed by atoms with van der Waals surface area (Å²) in [7, 11) is -1.47. The maximum Gasteiger partial charge on any atom is 0.225 e. The van der Waals surface area contributed by atoms with Crippen LogP contribution in [0.3, 0.4) is 0 Å². The van der Waals surface area contributed by atoms with Crippen LogP contribution in [0.25, 0.3) is 0 Å². The van der Waals surface area contributed by atoms with Crippen molar-refractivity contribution in [3.63, 3.8) is 0 Å². The summed E-state index contributed by atoms with van der Waals surface area (Å²) in [4.78, 5) is 16.0. The van der Waals surface area contributed by atoms with E-state index in [1.54, 1.807) is 14.0 Å². The lowest BCUT2D eigenvalue weighted by Gasteiger charge is -2.26. The Balaban J connectivity index is 1.78. The molecule has 144 valence electrons. The Hall–Kier alpha value is -2.13. The fourth-order valence-electron chi connectivity index (χ4n) is 2.75. The van der Waals surface area contributed by atoms with E-state index in [0.29, 0.717) is 38.4 Å². The highest BCUT2D eigenvalue weighted by molar-refractivity contribution is 7.89. The molecule has 0 aromatic heterocycles. The van der Waals surface area contributed by atoms with Crippen LogP contribution in [0.2, 0.25) is 0 Å². The largest absolute Gasteiger partial charge is 0.356 e. The Kier molecular flexibility index (Phi) is 7.40. The van der Waals surface area contributed by atoms with E-state index in [1.165, 1.54) is 0 Å². The molecule has 1 aromatic carbocycles. The maximum atomic E-state index is 11.9. The molecule has 0 bridgehead atoms. The highest BCUT2D eigenvalue weighted by atomic mass is 32.2. The number of nitrogens with one attached hydrogen (secondary N) is 4. The van der Waals surface area contributed by atoms with E-state index in [-0.39, 0.29) is 17.6 Å². The zero-order chi connectivity index (χ0) is 19.0. The standard InChI is InChI=1S/C17H27N5O3S/c1-3-26(24,25)21-10-6-9-19-17(18-2)20-12-13-11-16(23)22-15-8-5-4-7-14(13)15/h4-5,7-8,13,21H,3,6,9-12H2,1-2H3,(H,22,23)(H2,18,19,20). The number of guanidine groups is 1. The van der Waals surface area contributed by atoms with Crippen LogP contribution < -0.4 is 20.7 Å². The van der Waals surface area contributed by atoms with Gasteiger partial charge in [0.05, 0.1) is 5.75 Å². The Morgan fingerprint density at radius 3 is 2.77 bits per heavy atom. The minimum Gasteiger partial charge on any atom is -0.356 e. The van der Waals surface area contributed by atoms with Gasteiger partial charge in [0.25, 0.3) is 0 Å². The summed E-state index contributed by atoms with van der Waals surface area (Å²) in [5, 5.41) is 9.28. The van der Waals surface area contributed by atoms with Crippen molar-refractivity contribution >= 4 is 27.6 Å². The van der Waals surface area contributed by atoms with E-state index in [2.05, 4.69) is 25.7 Å². The molecule has 0 radical (unpaired) electrons. The van der Waals surface area contributed by atoms with Gasteiger partial charge in [-0.15, -0.1) is 0 Å². The van der Waals surface area contributed by atoms with Crippen LogP contribution in [0.4, 0.5) is 5.69 Å². The van der Waals surface area contributed by atoms with Crippen LogP contribution in [0, 0.1) is 0 Å². The molecule has 1 aliphatic rings. The fraction of sp³-hybridized carbons (Fsp3) is 0.529. The van der Waals surface area contributed by atoms with Gasteiger partial charge >= 0.3 is 0 Å². The fourth-order valence-corrected chi connectivity index (χ4v) is 3.41. The monoisotopic (exact) mass is 381 g/mol. The SMILES string of the molecule is CCS(=O)(=O)NCCCNC(=NC)NCC1CC(=O)Nc2ccccc21. The highest BCUT2D eigenvalue weighted by Crippen LogP contribution is 2.31. The number of carbonyl (C=O) groups is 1. The van der Waals surface area contributed by atoms with Crippen molar-refractivity contribution in [1.29, 1.82) is 0 Å². The second kappa shape index (κ2) is 9.54. The van der Waals surface area contributed by atoms with Crippen LogP contribution in [-0.4, -0.2) is 52.7 Å². The predicted octanol–water partition coefficient (Wildman–Crippen LogP) is 0.607. The van der Waals surface area contributed by atoms with Gasteiger partial charge in [0, 0.05) is 44.7 Å². The molecule has 0 saturated carbocycles. The lowest BCUT2D eigenvalue weighted by Crippen LogP contribution is -2.41. The Morgan fingerprint density at radius 2 is 2.04 bits per heavy atom. The molecule has 1 heterocycles. The van der Waals surface area contributed by atoms with E-state index >= 15 is 0 Å². The summed E-state index contributed by atoms with van der Waals surface area (Å²) in [6.07, 6.45) is 1.08. The van der Waals surface area contributed by atoms with Gasteiger partial charge in [0.1, 0.15) is 0 Å². The van der Waals surface area contributed by atoms with Crippen LogP contribution in [-0.2, 0) is 14.8 Å². The summed E-state index contributed by atoms with van der Waals surface area (Å²) in [5.41, 5.74) is 1.98. The first-order chi connectivity index (χ1) is 12.4. The number of sulfonamides is 1. The number of fused-ring (bicyclic) bond motifs is 1. The topological polar surface area (TPSA) is 112 Å². The Bertz CT molecular complexity index is 749. The summed E-state index contributed by atoms with van der Waals surface area (Å²) < 4.78 is 25.2. The zero-order valence-electron chi connectivity index (χ0n) is 15.2. The maximum absolute atomic E-state index is 11.9. The summed E-state index contributed by atoms with van der Waals surface area (Å²) in [6, 6.07) is 7.80. The molecule has 8 nitrogen and oxygen atoms in total. The molecule has 2 rings (SSSR count). The molecular formula is C17H27N5O3S. The van der Waals surface area contributed by atoms with Crippen molar-refractivity contribution in [3.8, 4) is 0 Å². The highest BCUT2D eigenvalue weighted by Gasteiger charge is 2.24. The molecule has 9 heteroatoms. The molecule has 1 atom stereocenters. The third-order valence-corrected chi connectivity index (χ3v) is 5.60. The van der Waals surface area contributed by atoms with Crippen molar-refractivity contribution in [2.75, 3.05) is 37.8 Å². The molecule has 0 saturated heterocycles. The van der Waals surface area contributed by atoms with Crippen LogP contribution in [0.1, 0.15) is 31.2 Å². The molecule has 0 spiro atoms. The molecule has 4 N–H and O–H groups in total. The first-order valence-electron chi connectivity index (χ1n) is 8.75. The number of anilines is 1. The lowest BCUT2D eigenvalue weighted by molar-refractivity contribution is -0.116. The number of rotatable bonds is 8. The normalized spacial score (nSPS) is 17.4. The molecular weight excluding hydrogens is 354 g/mol. The number of para-hydroxylation sites is 1. The summed E-state index contributed by atoms with van der Waals surface area (Å²) in [5.74, 6) is 0.809. The van der Waals surface area contributed by atoms with Crippen molar-refractivity contribution in [3.05, 3.63) is 29.8 Å². The number of nitrogens with zero attached hydrogens (tertiary/aromatic N) is 1. The number of aliphatic imine (C=N–C) groups is 1. The second-order valence-corrected chi connectivity index (χ2v) is 8.16. The number of benzene rings is 1. The average Bonchev–Trinajstić information content (AvgIpc) is 2.63. The van der Waals surface area contributed by atoms with E-state index < -0.39 is 10.0 Å². The van der Waals surface area contributed by atoms with Gasteiger partial charge in [0.2, 0.25) is 15.9 Å². The molecule has 26 heavy (non-hydrogen) atoms.